The van der Waals surface area contributed by atoms with Crippen LogP contribution in [-0.2, 0) is 38.5 Å². The minimum atomic E-state index is -0.211. The molecule has 0 aliphatic rings. The molecular weight excluding hydrogens is 434 g/mol. The van der Waals surface area contributed by atoms with Crippen molar-refractivity contribution in [3.8, 4) is 0 Å². The first kappa shape index (κ1) is 31.9. The Hall–Kier alpha value is 0.263. The summed E-state index contributed by atoms with van der Waals surface area (Å²) in [7, 11) is 0. The van der Waals surface area contributed by atoms with E-state index in [0.29, 0.717) is 13.2 Å². The maximum Gasteiger partial charge on any atom is 0.315 e. The van der Waals surface area contributed by atoms with Gasteiger partial charge in [0.25, 0.3) is 0 Å². The average molecular weight is 474 g/mol. The molecule has 0 saturated carbocycles. The van der Waals surface area contributed by atoms with Gasteiger partial charge in [-0.2, -0.15) is 25.3 Å². The Morgan fingerprint density at radius 2 is 0.889 bits per heavy atom. The monoisotopic (exact) mass is 472 g/mol. The molecule has 0 rings (SSSR count). The topological polar surface area (TPSA) is 52.6 Å². The average Bonchev–Trinajstić information content (AvgIpc) is 2.66. The summed E-state index contributed by atoms with van der Waals surface area (Å²) < 4.78 is 9.76. The van der Waals surface area contributed by atoms with E-state index in [9.17, 15) is 9.59 Å². The van der Waals surface area contributed by atoms with Gasteiger partial charge in [0.05, 0.1) is 24.7 Å². The molecule has 0 aromatic rings. The second kappa shape index (κ2) is 28.5. The summed E-state index contributed by atoms with van der Waals surface area (Å²) in [6, 6.07) is 0. The molecule has 0 amide bonds. The molecule has 0 N–H and O–H groups in total. The summed E-state index contributed by atoms with van der Waals surface area (Å²) >= 11 is 7.62. The molecule has 0 spiro atoms. The van der Waals surface area contributed by atoms with Gasteiger partial charge in [-0.05, 0) is 12.8 Å². The Balaban J connectivity index is -0.000000411. The molecule has 0 fully saturated rings. The van der Waals surface area contributed by atoms with E-state index in [4.69, 9.17) is 9.47 Å². The quantitative estimate of drug-likeness (QED) is 0.132. The van der Waals surface area contributed by atoms with Crippen LogP contribution in [0.15, 0.2) is 0 Å². The SMILES string of the molecule is CCCCCCCCOC(=O)CS.CCCCCCCCOC(=O)CS.[Zn]. The molecule has 158 valence electrons. The number of unbranched alkanes of at least 4 members (excludes halogenated alkanes) is 10. The van der Waals surface area contributed by atoms with Crippen LogP contribution >= 0.6 is 25.3 Å². The molecule has 0 aliphatic carbocycles. The molecule has 0 aromatic heterocycles. The van der Waals surface area contributed by atoms with Crippen molar-refractivity contribution in [1.29, 1.82) is 0 Å². The number of carbonyl (C=O) groups is 2. The Morgan fingerprint density at radius 3 is 1.19 bits per heavy atom. The van der Waals surface area contributed by atoms with E-state index in [1.54, 1.807) is 0 Å². The minimum absolute atomic E-state index is 0. The van der Waals surface area contributed by atoms with Crippen LogP contribution in [0, 0.1) is 0 Å². The van der Waals surface area contributed by atoms with E-state index in [2.05, 4.69) is 39.1 Å². The summed E-state index contributed by atoms with van der Waals surface area (Å²) in [5.74, 6) is -0.0418. The summed E-state index contributed by atoms with van der Waals surface area (Å²) in [5.41, 5.74) is 0. The van der Waals surface area contributed by atoms with Gasteiger partial charge in [-0.15, -0.1) is 0 Å². The smallest absolute Gasteiger partial charge is 0.315 e. The van der Waals surface area contributed by atoms with Crippen molar-refractivity contribution < 1.29 is 38.5 Å². The third-order valence-corrected chi connectivity index (χ3v) is 4.30. The zero-order valence-electron chi connectivity index (χ0n) is 17.5. The van der Waals surface area contributed by atoms with Gasteiger partial charge in [-0.3, -0.25) is 9.59 Å². The number of hydrogen-bond acceptors (Lipinski definition) is 6. The number of rotatable bonds is 16. The molecule has 0 heterocycles. The molecule has 0 aliphatic heterocycles. The van der Waals surface area contributed by atoms with Crippen molar-refractivity contribution >= 4 is 37.2 Å². The van der Waals surface area contributed by atoms with E-state index in [1.165, 1.54) is 64.2 Å². The van der Waals surface area contributed by atoms with E-state index in [0.717, 1.165) is 12.8 Å². The zero-order valence-corrected chi connectivity index (χ0v) is 22.3. The van der Waals surface area contributed by atoms with Gasteiger partial charge in [0.2, 0.25) is 0 Å². The van der Waals surface area contributed by atoms with Crippen LogP contribution in [-0.4, -0.2) is 36.7 Å². The van der Waals surface area contributed by atoms with E-state index in [1.807, 2.05) is 0 Å². The standard InChI is InChI=1S/2C10H20O2S.Zn/c2*1-2-3-4-5-6-7-8-12-10(11)9-13;/h2*13H,2-9H2,1H3;. The Labute approximate surface area is 190 Å². The fourth-order valence-electron chi connectivity index (χ4n) is 2.23. The van der Waals surface area contributed by atoms with Crippen LogP contribution in [0.1, 0.15) is 90.9 Å². The second-order valence-corrected chi connectivity index (χ2v) is 6.93. The predicted octanol–water partition coefficient (Wildman–Crippen LogP) is 5.64. The van der Waals surface area contributed by atoms with Gasteiger partial charge >= 0.3 is 11.9 Å². The number of ether oxygens (including phenoxy) is 2. The molecule has 0 aromatic carbocycles. The Bertz CT molecular complexity index is 288. The van der Waals surface area contributed by atoms with Gasteiger partial charge in [0.15, 0.2) is 0 Å². The third-order valence-electron chi connectivity index (χ3n) is 3.78. The van der Waals surface area contributed by atoms with Crippen molar-refractivity contribution in [2.45, 2.75) is 90.9 Å². The molecule has 0 unspecified atom stereocenters. The van der Waals surface area contributed by atoms with E-state index >= 15 is 0 Å². The predicted molar refractivity (Wildman–Crippen MR) is 116 cm³/mol. The normalized spacial score (nSPS) is 9.63. The number of carbonyl (C=O) groups excluding carboxylic acids is 2. The molecule has 27 heavy (non-hydrogen) atoms. The number of esters is 2. The van der Waals surface area contributed by atoms with Crippen molar-refractivity contribution in [1.82, 2.24) is 0 Å². The molecule has 0 radical (unpaired) electrons. The molecule has 4 nitrogen and oxygen atoms in total. The fraction of sp³-hybridized carbons (Fsp3) is 0.900. The summed E-state index contributed by atoms with van der Waals surface area (Å²) in [4.78, 5) is 21.3. The maximum atomic E-state index is 10.6. The van der Waals surface area contributed by atoms with Crippen molar-refractivity contribution in [3.63, 3.8) is 0 Å². The van der Waals surface area contributed by atoms with Crippen molar-refractivity contribution in [2.75, 3.05) is 24.7 Å². The number of thiol groups is 2. The van der Waals surface area contributed by atoms with Crippen LogP contribution in [0.3, 0.4) is 0 Å². The molecule has 7 heteroatoms. The largest absolute Gasteiger partial charge is 0.465 e. The molecule has 0 bridgehead atoms. The van der Waals surface area contributed by atoms with Crippen LogP contribution in [0.2, 0.25) is 0 Å². The maximum absolute atomic E-state index is 10.6. The van der Waals surface area contributed by atoms with Crippen LogP contribution in [0.25, 0.3) is 0 Å². The third kappa shape index (κ3) is 31.2. The minimum Gasteiger partial charge on any atom is -0.465 e. The van der Waals surface area contributed by atoms with Crippen LogP contribution in [0.5, 0.6) is 0 Å². The van der Waals surface area contributed by atoms with Crippen LogP contribution < -0.4 is 0 Å². The summed E-state index contributed by atoms with van der Waals surface area (Å²) in [5, 5.41) is 0. The molecular formula is C20H40O4S2Zn. The second-order valence-electron chi connectivity index (χ2n) is 6.29. The van der Waals surface area contributed by atoms with Crippen LogP contribution in [0.4, 0.5) is 0 Å². The van der Waals surface area contributed by atoms with Gasteiger partial charge in [-0.1, -0.05) is 78.1 Å². The number of hydrogen-bond donors (Lipinski definition) is 2. The zero-order chi connectivity index (χ0) is 19.9. The fourth-order valence-corrected chi connectivity index (χ4v) is 2.41. The molecule has 0 saturated heterocycles. The first-order valence-electron chi connectivity index (χ1n) is 10.1. The van der Waals surface area contributed by atoms with E-state index < -0.39 is 0 Å². The Morgan fingerprint density at radius 1 is 0.593 bits per heavy atom. The van der Waals surface area contributed by atoms with Gasteiger partial charge in [0.1, 0.15) is 0 Å². The van der Waals surface area contributed by atoms with Crippen molar-refractivity contribution in [2.24, 2.45) is 0 Å². The van der Waals surface area contributed by atoms with Crippen molar-refractivity contribution in [3.05, 3.63) is 0 Å². The van der Waals surface area contributed by atoms with Gasteiger partial charge in [0, 0.05) is 19.5 Å². The van der Waals surface area contributed by atoms with Gasteiger partial charge in [-0.25, -0.2) is 0 Å². The van der Waals surface area contributed by atoms with Gasteiger partial charge < -0.3 is 9.47 Å². The summed E-state index contributed by atoms with van der Waals surface area (Å²) in [6.45, 7) is 5.53. The molecule has 0 atom stereocenters. The first-order chi connectivity index (χ1) is 12.6. The summed E-state index contributed by atoms with van der Waals surface area (Å²) in [6.07, 6.45) is 14.6. The van der Waals surface area contributed by atoms with E-state index in [-0.39, 0.29) is 42.9 Å². The first-order valence-corrected chi connectivity index (χ1v) is 11.4. The Kier molecular flexibility index (Phi) is 33.7.